The van der Waals surface area contributed by atoms with Gasteiger partial charge >= 0.3 is 0 Å². The average Bonchev–Trinajstić information content (AvgIpc) is 3.48. The van der Waals surface area contributed by atoms with E-state index >= 15 is 0 Å². The minimum Gasteiger partial charge on any atom is -0.378 e. The summed E-state index contributed by atoms with van der Waals surface area (Å²) in [6, 6.07) is 0. The minimum atomic E-state index is -0.302. The second-order valence-corrected chi connectivity index (χ2v) is 12.0. The molecule has 0 aromatic carbocycles. The molecule has 2 heterocycles. The van der Waals surface area contributed by atoms with Gasteiger partial charge in [0.15, 0.2) is 11.6 Å². The van der Waals surface area contributed by atoms with Crippen molar-refractivity contribution in [1.82, 2.24) is 0 Å². The van der Waals surface area contributed by atoms with Crippen molar-refractivity contribution < 1.29 is 23.7 Å². The van der Waals surface area contributed by atoms with Crippen LogP contribution in [-0.4, -0.2) is 50.7 Å². The Morgan fingerprint density at radius 3 is 2.26 bits per heavy atom. The first-order valence-electron chi connectivity index (χ1n) is 13.1. The molecule has 6 fully saturated rings. The third-order valence-corrected chi connectivity index (χ3v) is 10.7. The number of hydrogen-bond donors (Lipinski definition) is 0. The summed E-state index contributed by atoms with van der Waals surface area (Å²) in [5.74, 6) is 2.29. The van der Waals surface area contributed by atoms with Crippen molar-refractivity contribution in [2.45, 2.75) is 96.2 Å². The molecule has 0 aromatic rings. The van der Waals surface area contributed by atoms with Crippen LogP contribution in [0.3, 0.4) is 0 Å². The summed E-state index contributed by atoms with van der Waals surface area (Å²) in [5.41, 5.74) is 0.452. The summed E-state index contributed by atoms with van der Waals surface area (Å²) in [4.78, 5) is 0. The summed E-state index contributed by atoms with van der Waals surface area (Å²) >= 11 is 0. The van der Waals surface area contributed by atoms with E-state index < -0.39 is 0 Å². The second kappa shape index (κ2) is 7.40. The van der Waals surface area contributed by atoms with Crippen LogP contribution in [0.4, 0.5) is 0 Å². The highest BCUT2D eigenvalue weighted by atomic mass is 16.7. The monoisotopic (exact) mass is 434 g/mol. The zero-order valence-electron chi connectivity index (χ0n) is 19.8. The van der Waals surface area contributed by atoms with Crippen LogP contribution in [0.15, 0.2) is 0 Å². The Morgan fingerprint density at radius 2 is 1.52 bits per heavy atom. The molecular weight excluding hydrogens is 392 g/mol. The molecule has 0 bridgehead atoms. The Morgan fingerprint density at radius 1 is 0.806 bits per heavy atom. The largest absolute Gasteiger partial charge is 0.378 e. The van der Waals surface area contributed by atoms with E-state index in [2.05, 4.69) is 20.8 Å². The van der Waals surface area contributed by atoms with Gasteiger partial charge in [-0.15, -0.1) is 0 Å². The van der Waals surface area contributed by atoms with Crippen molar-refractivity contribution in [1.29, 1.82) is 0 Å². The molecule has 2 spiro atoms. The molecule has 4 aliphatic carbocycles. The number of ether oxygens (including phenoxy) is 5. The zero-order valence-corrected chi connectivity index (χ0v) is 19.8. The fourth-order valence-corrected chi connectivity index (χ4v) is 9.25. The van der Waals surface area contributed by atoms with Gasteiger partial charge in [0.1, 0.15) is 0 Å². The quantitative estimate of drug-likeness (QED) is 0.631. The predicted molar refractivity (Wildman–Crippen MR) is 116 cm³/mol. The molecule has 0 radical (unpaired) electrons. The van der Waals surface area contributed by atoms with Gasteiger partial charge in [0.05, 0.1) is 39.1 Å². The highest BCUT2D eigenvalue weighted by Gasteiger charge is 2.68. The van der Waals surface area contributed by atoms with Gasteiger partial charge in [0.25, 0.3) is 0 Å². The van der Waals surface area contributed by atoms with Crippen molar-refractivity contribution in [3.05, 3.63) is 0 Å². The summed E-state index contributed by atoms with van der Waals surface area (Å²) in [5, 5.41) is 0. The Balaban J connectivity index is 1.30. The standard InChI is InChI=1S/C26H42O5/c1-18(2)27-17-24-10-11-25(28-12-13-29-25)16-19(24)4-5-20-21-7-9-26(30-14-15-31-26)23(21,3)8-6-22(20)24/h18-22H,4-17H2,1-3H3/t19-,20+,21+,22+,23+,24-/m1/s1. The topological polar surface area (TPSA) is 46.2 Å². The summed E-state index contributed by atoms with van der Waals surface area (Å²) in [6.45, 7) is 10.8. The van der Waals surface area contributed by atoms with Crippen LogP contribution < -0.4 is 0 Å². The number of fused-ring (bicyclic) bond motifs is 6. The molecule has 5 heteroatoms. The fourth-order valence-electron chi connectivity index (χ4n) is 9.25. The minimum absolute atomic E-state index is 0.172. The van der Waals surface area contributed by atoms with Crippen LogP contribution >= 0.6 is 0 Å². The van der Waals surface area contributed by atoms with Crippen LogP contribution in [0.2, 0.25) is 0 Å². The van der Waals surface area contributed by atoms with Crippen LogP contribution in [0, 0.1) is 34.5 Å². The maximum Gasteiger partial charge on any atom is 0.174 e. The van der Waals surface area contributed by atoms with Crippen molar-refractivity contribution in [2.24, 2.45) is 34.5 Å². The number of hydrogen-bond acceptors (Lipinski definition) is 5. The highest BCUT2D eigenvalue weighted by Crippen LogP contribution is 2.70. The fraction of sp³-hybridized carbons (Fsp3) is 1.00. The molecule has 0 amide bonds. The molecule has 0 N–H and O–H groups in total. The van der Waals surface area contributed by atoms with Gasteiger partial charge in [-0.3, -0.25) is 0 Å². The van der Waals surface area contributed by atoms with E-state index in [9.17, 15) is 0 Å². The van der Waals surface area contributed by atoms with Crippen LogP contribution in [0.5, 0.6) is 0 Å². The van der Waals surface area contributed by atoms with Crippen LogP contribution in [0.1, 0.15) is 78.6 Å². The van der Waals surface area contributed by atoms with Gasteiger partial charge in [0.2, 0.25) is 0 Å². The SMILES string of the molecule is CC(C)OC[C@]12CCC3(C[C@H]1CC[C@@H]1[C@@H]2CC[C@@]2(C)[C@H]1CCC21OCCO1)OCCO3. The normalized spacial score (nSPS) is 47.6. The van der Waals surface area contributed by atoms with Crippen molar-refractivity contribution in [2.75, 3.05) is 33.0 Å². The molecule has 2 aliphatic heterocycles. The highest BCUT2D eigenvalue weighted by molar-refractivity contribution is 5.14. The van der Waals surface area contributed by atoms with Gasteiger partial charge in [0, 0.05) is 30.1 Å². The molecule has 5 nitrogen and oxygen atoms in total. The first-order valence-corrected chi connectivity index (χ1v) is 13.1. The molecule has 4 saturated carbocycles. The second-order valence-electron chi connectivity index (χ2n) is 12.0. The van der Waals surface area contributed by atoms with Gasteiger partial charge in [-0.25, -0.2) is 0 Å². The van der Waals surface area contributed by atoms with E-state index in [4.69, 9.17) is 23.7 Å². The van der Waals surface area contributed by atoms with Crippen molar-refractivity contribution >= 4 is 0 Å². The predicted octanol–water partition coefficient (Wildman–Crippen LogP) is 4.92. The third kappa shape index (κ3) is 2.99. The summed E-state index contributed by atoms with van der Waals surface area (Å²) in [7, 11) is 0. The zero-order chi connectivity index (χ0) is 21.3. The maximum absolute atomic E-state index is 6.44. The molecule has 176 valence electrons. The molecule has 6 rings (SSSR count). The lowest BCUT2D eigenvalue weighted by molar-refractivity contribution is -0.266. The van der Waals surface area contributed by atoms with Gasteiger partial charge in [-0.2, -0.15) is 0 Å². The van der Waals surface area contributed by atoms with E-state index in [-0.39, 0.29) is 28.5 Å². The first kappa shape index (κ1) is 21.3. The lowest BCUT2D eigenvalue weighted by atomic mass is 9.44. The van der Waals surface area contributed by atoms with Crippen LogP contribution in [-0.2, 0) is 23.7 Å². The Bertz CT molecular complexity index is 681. The molecule has 0 unspecified atom stereocenters. The smallest absolute Gasteiger partial charge is 0.174 e. The summed E-state index contributed by atoms with van der Waals surface area (Å²) in [6.07, 6.45) is 11.1. The lowest BCUT2D eigenvalue weighted by Gasteiger charge is -2.63. The van der Waals surface area contributed by atoms with E-state index in [0.29, 0.717) is 5.92 Å². The lowest BCUT2D eigenvalue weighted by Crippen LogP contribution is -2.60. The molecule has 0 aromatic heterocycles. The van der Waals surface area contributed by atoms with E-state index in [1.165, 1.54) is 38.5 Å². The first-order chi connectivity index (χ1) is 14.9. The molecule has 6 aliphatic rings. The Kier molecular flexibility index (Phi) is 5.09. The van der Waals surface area contributed by atoms with Crippen molar-refractivity contribution in [3.63, 3.8) is 0 Å². The number of rotatable bonds is 3. The van der Waals surface area contributed by atoms with Gasteiger partial charge in [-0.1, -0.05) is 6.92 Å². The Labute approximate surface area is 187 Å². The average molecular weight is 435 g/mol. The van der Waals surface area contributed by atoms with E-state index in [0.717, 1.165) is 70.1 Å². The van der Waals surface area contributed by atoms with E-state index in [1.807, 2.05) is 0 Å². The Hall–Kier alpha value is -0.200. The molecular formula is C26H42O5. The molecule has 31 heavy (non-hydrogen) atoms. The van der Waals surface area contributed by atoms with Gasteiger partial charge < -0.3 is 23.7 Å². The maximum atomic E-state index is 6.44. The summed E-state index contributed by atoms with van der Waals surface area (Å²) < 4.78 is 31.5. The third-order valence-electron chi connectivity index (χ3n) is 10.7. The van der Waals surface area contributed by atoms with Crippen molar-refractivity contribution in [3.8, 4) is 0 Å². The molecule has 6 atom stereocenters. The van der Waals surface area contributed by atoms with Gasteiger partial charge in [-0.05, 0) is 76.0 Å². The van der Waals surface area contributed by atoms with E-state index in [1.54, 1.807) is 0 Å². The molecule has 2 saturated heterocycles. The van der Waals surface area contributed by atoms with Crippen LogP contribution in [0.25, 0.3) is 0 Å².